The molecule has 18 heavy (non-hydrogen) atoms. The van der Waals surface area contributed by atoms with Gasteiger partial charge in [-0.3, -0.25) is 4.79 Å². The van der Waals surface area contributed by atoms with Gasteiger partial charge in [-0.15, -0.1) is 0 Å². The average Bonchev–Trinajstić information content (AvgIpc) is 2.38. The molecule has 2 N–H and O–H groups in total. The van der Waals surface area contributed by atoms with E-state index in [2.05, 4.69) is 0 Å². The summed E-state index contributed by atoms with van der Waals surface area (Å²) >= 11 is 0. The van der Waals surface area contributed by atoms with E-state index in [0.717, 1.165) is 42.6 Å². The van der Waals surface area contributed by atoms with Gasteiger partial charge in [-0.05, 0) is 43.7 Å². The normalized spacial score (nSPS) is 14.1. The fourth-order valence-corrected chi connectivity index (χ4v) is 2.56. The zero-order valence-corrected chi connectivity index (χ0v) is 10.5. The molecule has 0 bridgehead atoms. The number of benzene rings is 1. The molecule has 0 heterocycles. The van der Waals surface area contributed by atoms with Crippen LogP contribution >= 0.6 is 0 Å². The van der Waals surface area contributed by atoms with Crippen molar-refractivity contribution in [1.82, 2.24) is 0 Å². The number of aryl methyl sites for hydroxylation is 1. The summed E-state index contributed by atoms with van der Waals surface area (Å²) in [5.41, 5.74) is 2.70. The molecule has 1 aliphatic rings. The van der Waals surface area contributed by atoms with Crippen molar-refractivity contribution in [2.24, 2.45) is 0 Å². The van der Waals surface area contributed by atoms with Crippen molar-refractivity contribution in [3.8, 4) is 11.5 Å². The molecule has 98 valence electrons. The fraction of sp³-hybridized carbons (Fsp3) is 0.500. The van der Waals surface area contributed by atoms with Crippen molar-refractivity contribution in [3.63, 3.8) is 0 Å². The number of aliphatic carboxylic acids is 1. The minimum absolute atomic E-state index is 0.0233. The van der Waals surface area contributed by atoms with Gasteiger partial charge in [-0.25, -0.2) is 0 Å². The van der Waals surface area contributed by atoms with Crippen LogP contribution in [0.1, 0.15) is 36.0 Å². The maximum absolute atomic E-state index is 10.6. The van der Waals surface area contributed by atoms with Gasteiger partial charge in [0.2, 0.25) is 0 Å². The lowest BCUT2D eigenvalue weighted by Crippen LogP contribution is -2.08. The maximum atomic E-state index is 10.6. The van der Waals surface area contributed by atoms with Crippen LogP contribution in [0.5, 0.6) is 11.5 Å². The first-order chi connectivity index (χ1) is 8.63. The Morgan fingerprint density at radius 3 is 2.61 bits per heavy atom. The Labute approximate surface area is 106 Å². The fourth-order valence-electron chi connectivity index (χ4n) is 2.56. The molecule has 1 aliphatic carbocycles. The number of carboxylic acids is 1. The molecule has 0 amide bonds. The monoisotopic (exact) mass is 250 g/mol. The number of aromatic hydroxyl groups is 1. The minimum atomic E-state index is -0.855. The number of carbonyl (C=O) groups is 1. The van der Waals surface area contributed by atoms with Crippen LogP contribution in [0.4, 0.5) is 0 Å². The van der Waals surface area contributed by atoms with Crippen LogP contribution in [0.3, 0.4) is 0 Å². The third-order valence-electron chi connectivity index (χ3n) is 3.49. The minimum Gasteiger partial charge on any atom is -0.507 e. The summed E-state index contributed by atoms with van der Waals surface area (Å²) in [6, 6.07) is 1.78. The van der Waals surface area contributed by atoms with E-state index in [0.29, 0.717) is 12.0 Å². The van der Waals surface area contributed by atoms with Gasteiger partial charge in [-0.2, -0.15) is 0 Å². The maximum Gasteiger partial charge on any atom is 0.303 e. The van der Waals surface area contributed by atoms with E-state index in [1.165, 1.54) is 0 Å². The molecule has 0 saturated carbocycles. The third kappa shape index (κ3) is 2.42. The summed E-state index contributed by atoms with van der Waals surface area (Å²) in [5.74, 6) is 0.195. The summed E-state index contributed by atoms with van der Waals surface area (Å²) in [5, 5.41) is 18.9. The zero-order chi connectivity index (χ0) is 13.1. The highest BCUT2D eigenvalue weighted by molar-refractivity contribution is 5.67. The number of ether oxygens (including phenoxy) is 1. The second-order valence-corrected chi connectivity index (χ2v) is 4.64. The highest BCUT2D eigenvalue weighted by atomic mass is 16.5. The molecule has 0 fully saturated rings. The van der Waals surface area contributed by atoms with Crippen LogP contribution < -0.4 is 4.74 Å². The lowest BCUT2D eigenvalue weighted by Gasteiger charge is -2.22. The molecule has 0 aromatic heterocycles. The molecule has 1 aromatic rings. The average molecular weight is 250 g/mol. The van der Waals surface area contributed by atoms with Crippen molar-refractivity contribution >= 4 is 5.97 Å². The van der Waals surface area contributed by atoms with Crippen LogP contribution in [0.2, 0.25) is 0 Å². The first-order valence-electron chi connectivity index (χ1n) is 6.26. The predicted molar refractivity (Wildman–Crippen MR) is 67.3 cm³/mol. The van der Waals surface area contributed by atoms with Gasteiger partial charge in [0.05, 0.1) is 7.11 Å². The smallest absolute Gasteiger partial charge is 0.303 e. The van der Waals surface area contributed by atoms with Crippen LogP contribution in [-0.4, -0.2) is 23.3 Å². The highest BCUT2D eigenvalue weighted by Gasteiger charge is 2.21. The Morgan fingerprint density at radius 2 is 2.00 bits per heavy atom. The van der Waals surface area contributed by atoms with E-state index in [1.54, 1.807) is 13.2 Å². The number of carboxylic acid groups (broad SMARTS) is 1. The zero-order valence-electron chi connectivity index (χ0n) is 10.5. The van der Waals surface area contributed by atoms with E-state index >= 15 is 0 Å². The van der Waals surface area contributed by atoms with Crippen molar-refractivity contribution in [2.75, 3.05) is 7.11 Å². The van der Waals surface area contributed by atoms with E-state index in [4.69, 9.17) is 9.84 Å². The Bertz CT molecular complexity index is 465. The molecule has 4 nitrogen and oxygen atoms in total. The first kappa shape index (κ1) is 12.7. The number of phenols is 1. The standard InChI is InChI=1S/C14H18O4/c1-18-12-8-9(6-7-13(15)16)14(17)11-5-3-2-4-10(11)12/h8,17H,2-7H2,1H3,(H,15,16). The number of hydrogen-bond donors (Lipinski definition) is 2. The molecule has 2 rings (SSSR count). The number of phenolic OH excluding ortho intramolecular Hbond substituents is 1. The largest absolute Gasteiger partial charge is 0.507 e. The van der Waals surface area contributed by atoms with Crippen molar-refractivity contribution in [2.45, 2.75) is 38.5 Å². The van der Waals surface area contributed by atoms with Gasteiger partial charge in [0.15, 0.2) is 0 Å². The molecule has 0 aliphatic heterocycles. The van der Waals surface area contributed by atoms with Crippen molar-refractivity contribution in [3.05, 3.63) is 22.8 Å². The van der Waals surface area contributed by atoms with Crippen molar-refractivity contribution < 1.29 is 19.7 Å². The second kappa shape index (κ2) is 5.29. The Kier molecular flexibility index (Phi) is 3.75. The lowest BCUT2D eigenvalue weighted by atomic mass is 9.87. The molecule has 0 unspecified atom stereocenters. The molecule has 0 saturated heterocycles. The Balaban J connectivity index is 2.38. The third-order valence-corrected chi connectivity index (χ3v) is 3.49. The van der Waals surface area contributed by atoms with Gasteiger partial charge < -0.3 is 14.9 Å². The molecule has 1 aromatic carbocycles. The topological polar surface area (TPSA) is 66.8 Å². The quantitative estimate of drug-likeness (QED) is 0.860. The number of hydrogen-bond acceptors (Lipinski definition) is 3. The second-order valence-electron chi connectivity index (χ2n) is 4.64. The van der Waals surface area contributed by atoms with Crippen LogP contribution in [-0.2, 0) is 24.1 Å². The highest BCUT2D eigenvalue weighted by Crippen LogP contribution is 2.38. The molecular formula is C14H18O4. The summed E-state index contributed by atoms with van der Waals surface area (Å²) in [4.78, 5) is 10.6. The van der Waals surface area contributed by atoms with E-state index in [9.17, 15) is 9.90 Å². The Hall–Kier alpha value is -1.71. The number of methoxy groups -OCH3 is 1. The van der Waals surface area contributed by atoms with Crippen molar-refractivity contribution in [1.29, 1.82) is 0 Å². The molecule has 0 spiro atoms. The van der Waals surface area contributed by atoms with E-state index in [-0.39, 0.29) is 12.2 Å². The predicted octanol–water partition coefficient (Wildman–Crippen LogP) is 2.30. The van der Waals surface area contributed by atoms with Crippen LogP contribution in [0.25, 0.3) is 0 Å². The molecule has 4 heteroatoms. The van der Waals surface area contributed by atoms with Crippen LogP contribution in [0.15, 0.2) is 6.07 Å². The molecule has 0 atom stereocenters. The molecule has 0 radical (unpaired) electrons. The summed E-state index contributed by atoms with van der Waals surface area (Å²) in [7, 11) is 1.61. The van der Waals surface area contributed by atoms with Gasteiger partial charge in [0, 0.05) is 17.5 Å². The summed E-state index contributed by atoms with van der Waals surface area (Å²) in [6.45, 7) is 0. The lowest BCUT2D eigenvalue weighted by molar-refractivity contribution is -0.136. The van der Waals surface area contributed by atoms with E-state index in [1.807, 2.05) is 0 Å². The Morgan fingerprint density at radius 1 is 1.33 bits per heavy atom. The van der Waals surface area contributed by atoms with Gasteiger partial charge in [0.1, 0.15) is 11.5 Å². The molecular weight excluding hydrogens is 232 g/mol. The number of rotatable bonds is 4. The first-order valence-corrected chi connectivity index (χ1v) is 6.26. The summed E-state index contributed by atoms with van der Waals surface area (Å²) < 4.78 is 5.36. The van der Waals surface area contributed by atoms with Crippen LogP contribution in [0, 0.1) is 0 Å². The van der Waals surface area contributed by atoms with Gasteiger partial charge >= 0.3 is 5.97 Å². The van der Waals surface area contributed by atoms with E-state index < -0.39 is 5.97 Å². The van der Waals surface area contributed by atoms with Gasteiger partial charge in [0.25, 0.3) is 0 Å². The summed E-state index contributed by atoms with van der Waals surface area (Å²) in [6.07, 6.45) is 4.30. The number of fused-ring (bicyclic) bond motifs is 1. The SMILES string of the molecule is COc1cc(CCC(=O)O)c(O)c2c1CCCC2. The van der Waals surface area contributed by atoms with Gasteiger partial charge in [-0.1, -0.05) is 0 Å².